The van der Waals surface area contributed by atoms with Crippen molar-refractivity contribution < 1.29 is 4.79 Å². The highest BCUT2D eigenvalue weighted by molar-refractivity contribution is 5.78. The molecule has 2 aromatic heterocycles. The molecule has 1 N–H and O–H groups in total. The fourth-order valence-corrected chi connectivity index (χ4v) is 3.22. The van der Waals surface area contributed by atoms with E-state index in [-0.39, 0.29) is 12.3 Å². The zero-order chi connectivity index (χ0) is 19.3. The number of nitrogens with zero attached hydrogens (tertiary/aromatic N) is 5. The highest BCUT2D eigenvalue weighted by Crippen LogP contribution is 2.13. The summed E-state index contributed by atoms with van der Waals surface area (Å²) in [5.74, 6) is -0.0429. The quantitative estimate of drug-likeness (QED) is 0.505. The van der Waals surface area contributed by atoms with Gasteiger partial charge < -0.3 is 9.88 Å². The average Bonchev–Trinajstić information content (AvgIpc) is 3.30. The van der Waals surface area contributed by atoms with Crippen molar-refractivity contribution in [2.45, 2.75) is 26.3 Å². The number of carbonyl (C=O) groups is 1. The SMILES string of the molecule is Cc1c(CC(=O)NCCCn2cnc3ccccc32)nnn1-c1ccccc1. The van der Waals surface area contributed by atoms with Crippen LogP contribution in [0.4, 0.5) is 0 Å². The normalized spacial score (nSPS) is 11.0. The zero-order valence-electron chi connectivity index (χ0n) is 15.7. The number of carbonyl (C=O) groups excluding carboxylic acids is 1. The van der Waals surface area contributed by atoms with Crippen LogP contribution in [0.25, 0.3) is 16.7 Å². The van der Waals surface area contributed by atoms with Gasteiger partial charge in [0.15, 0.2) is 0 Å². The first kappa shape index (κ1) is 17.9. The van der Waals surface area contributed by atoms with Gasteiger partial charge in [0.1, 0.15) is 0 Å². The number of imidazole rings is 1. The molecule has 28 heavy (non-hydrogen) atoms. The van der Waals surface area contributed by atoms with Gasteiger partial charge in [-0.05, 0) is 37.6 Å². The van der Waals surface area contributed by atoms with Gasteiger partial charge in [0, 0.05) is 13.1 Å². The minimum atomic E-state index is -0.0429. The first-order chi connectivity index (χ1) is 13.7. The van der Waals surface area contributed by atoms with Crippen molar-refractivity contribution in [2.75, 3.05) is 6.54 Å². The summed E-state index contributed by atoms with van der Waals surface area (Å²) in [5, 5.41) is 11.3. The lowest BCUT2D eigenvalue weighted by Gasteiger charge is -2.07. The molecule has 4 rings (SSSR count). The number of amides is 1. The maximum Gasteiger partial charge on any atom is 0.226 e. The summed E-state index contributed by atoms with van der Waals surface area (Å²) in [6.45, 7) is 3.35. The molecule has 2 heterocycles. The standard InChI is InChI=1S/C21H22N6O/c1-16-19(24-25-27(16)17-8-3-2-4-9-17)14-21(28)22-12-7-13-26-15-23-18-10-5-6-11-20(18)26/h2-6,8-11,15H,7,12-14H2,1H3,(H,22,28). The van der Waals surface area contributed by atoms with Crippen LogP contribution in [-0.4, -0.2) is 37.0 Å². The summed E-state index contributed by atoms with van der Waals surface area (Å²) in [5.41, 5.74) is 4.62. The summed E-state index contributed by atoms with van der Waals surface area (Å²) in [6, 6.07) is 17.8. The van der Waals surface area contributed by atoms with Crippen molar-refractivity contribution in [1.82, 2.24) is 29.9 Å². The zero-order valence-corrected chi connectivity index (χ0v) is 15.7. The van der Waals surface area contributed by atoms with Crippen LogP contribution in [0.15, 0.2) is 60.9 Å². The van der Waals surface area contributed by atoms with Gasteiger partial charge in [-0.25, -0.2) is 9.67 Å². The lowest BCUT2D eigenvalue weighted by atomic mass is 10.2. The van der Waals surface area contributed by atoms with E-state index < -0.39 is 0 Å². The van der Waals surface area contributed by atoms with E-state index in [4.69, 9.17) is 0 Å². The van der Waals surface area contributed by atoms with Gasteiger partial charge >= 0.3 is 0 Å². The van der Waals surface area contributed by atoms with E-state index in [0.29, 0.717) is 12.2 Å². The Hall–Kier alpha value is -3.48. The van der Waals surface area contributed by atoms with E-state index in [1.165, 1.54) is 0 Å². The molecule has 7 heteroatoms. The molecule has 0 saturated heterocycles. The highest BCUT2D eigenvalue weighted by Gasteiger charge is 2.13. The fraction of sp³-hybridized carbons (Fsp3) is 0.238. The number of hydrogen-bond donors (Lipinski definition) is 1. The van der Waals surface area contributed by atoms with E-state index in [1.807, 2.05) is 61.8 Å². The second kappa shape index (κ2) is 8.04. The lowest BCUT2D eigenvalue weighted by Crippen LogP contribution is -2.27. The summed E-state index contributed by atoms with van der Waals surface area (Å²) in [6.07, 6.45) is 2.91. The van der Waals surface area contributed by atoms with Gasteiger partial charge in [-0.2, -0.15) is 0 Å². The molecule has 0 fully saturated rings. The molecule has 0 bridgehead atoms. The van der Waals surface area contributed by atoms with Crippen LogP contribution < -0.4 is 5.32 Å². The Morgan fingerprint density at radius 3 is 2.71 bits per heavy atom. The number of para-hydroxylation sites is 3. The molecule has 0 aliphatic rings. The second-order valence-electron chi connectivity index (χ2n) is 6.68. The number of aromatic nitrogens is 5. The average molecular weight is 374 g/mol. The van der Waals surface area contributed by atoms with Crippen LogP contribution >= 0.6 is 0 Å². The third-order valence-corrected chi connectivity index (χ3v) is 4.74. The Morgan fingerprint density at radius 1 is 1.07 bits per heavy atom. The molecule has 0 spiro atoms. The van der Waals surface area contributed by atoms with Crippen LogP contribution in [0.1, 0.15) is 17.8 Å². The van der Waals surface area contributed by atoms with E-state index in [1.54, 1.807) is 4.68 Å². The van der Waals surface area contributed by atoms with Crippen molar-refractivity contribution in [1.29, 1.82) is 0 Å². The topological polar surface area (TPSA) is 77.6 Å². The van der Waals surface area contributed by atoms with Gasteiger partial charge in [0.05, 0.1) is 40.9 Å². The first-order valence-corrected chi connectivity index (χ1v) is 9.35. The molecule has 2 aromatic carbocycles. The molecule has 4 aromatic rings. The second-order valence-corrected chi connectivity index (χ2v) is 6.68. The van der Waals surface area contributed by atoms with Crippen molar-refractivity contribution in [3.8, 4) is 5.69 Å². The van der Waals surface area contributed by atoms with Gasteiger partial charge in [0.2, 0.25) is 5.91 Å². The molecule has 0 radical (unpaired) electrons. The Balaban J connectivity index is 1.29. The molecule has 1 amide bonds. The largest absolute Gasteiger partial charge is 0.356 e. The monoisotopic (exact) mass is 374 g/mol. The first-order valence-electron chi connectivity index (χ1n) is 9.35. The van der Waals surface area contributed by atoms with Gasteiger partial charge in [-0.15, -0.1) is 5.10 Å². The van der Waals surface area contributed by atoms with Gasteiger partial charge in [0.25, 0.3) is 0 Å². The molecule has 142 valence electrons. The number of hydrogen-bond acceptors (Lipinski definition) is 4. The van der Waals surface area contributed by atoms with Crippen LogP contribution in [0, 0.1) is 6.92 Å². The summed E-state index contributed by atoms with van der Waals surface area (Å²) in [4.78, 5) is 16.7. The van der Waals surface area contributed by atoms with Crippen molar-refractivity contribution in [2.24, 2.45) is 0 Å². The number of benzene rings is 2. The smallest absolute Gasteiger partial charge is 0.226 e. The Morgan fingerprint density at radius 2 is 1.86 bits per heavy atom. The minimum absolute atomic E-state index is 0.0429. The van der Waals surface area contributed by atoms with Crippen molar-refractivity contribution in [3.63, 3.8) is 0 Å². The molecule has 7 nitrogen and oxygen atoms in total. The molecular weight excluding hydrogens is 352 g/mol. The van der Waals surface area contributed by atoms with Gasteiger partial charge in [-0.1, -0.05) is 35.5 Å². The molecule has 0 aliphatic carbocycles. The lowest BCUT2D eigenvalue weighted by molar-refractivity contribution is -0.120. The van der Waals surface area contributed by atoms with Crippen LogP contribution in [0.2, 0.25) is 0 Å². The van der Waals surface area contributed by atoms with E-state index in [2.05, 4.69) is 31.2 Å². The minimum Gasteiger partial charge on any atom is -0.356 e. The van der Waals surface area contributed by atoms with Crippen LogP contribution in [0.5, 0.6) is 0 Å². The third kappa shape index (κ3) is 3.78. The Labute approximate surface area is 163 Å². The number of rotatable bonds is 7. The van der Waals surface area contributed by atoms with Crippen LogP contribution in [0.3, 0.4) is 0 Å². The Kier molecular flexibility index (Phi) is 5.14. The molecule has 0 aliphatic heterocycles. The predicted molar refractivity (Wildman–Crippen MR) is 107 cm³/mol. The van der Waals surface area contributed by atoms with Crippen molar-refractivity contribution in [3.05, 3.63) is 72.3 Å². The van der Waals surface area contributed by atoms with E-state index in [0.717, 1.165) is 35.4 Å². The maximum absolute atomic E-state index is 12.3. The number of aryl methyl sites for hydroxylation is 1. The summed E-state index contributed by atoms with van der Waals surface area (Å²) >= 11 is 0. The van der Waals surface area contributed by atoms with Crippen LogP contribution in [-0.2, 0) is 17.8 Å². The van der Waals surface area contributed by atoms with E-state index >= 15 is 0 Å². The summed E-state index contributed by atoms with van der Waals surface area (Å²) in [7, 11) is 0. The third-order valence-electron chi connectivity index (χ3n) is 4.74. The highest BCUT2D eigenvalue weighted by atomic mass is 16.1. The Bertz CT molecular complexity index is 1080. The maximum atomic E-state index is 12.3. The van der Waals surface area contributed by atoms with Gasteiger partial charge in [-0.3, -0.25) is 4.79 Å². The van der Waals surface area contributed by atoms with E-state index in [9.17, 15) is 4.79 Å². The fourth-order valence-electron chi connectivity index (χ4n) is 3.22. The molecule has 0 unspecified atom stereocenters. The molecule has 0 saturated carbocycles. The summed E-state index contributed by atoms with van der Waals surface area (Å²) < 4.78 is 3.86. The molecular formula is C21H22N6O. The number of nitrogens with one attached hydrogen (secondary N) is 1. The van der Waals surface area contributed by atoms with Crippen molar-refractivity contribution >= 4 is 16.9 Å². The number of fused-ring (bicyclic) bond motifs is 1. The predicted octanol–water partition coefficient (Wildman–Crippen LogP) is 2.67. The molecule has 0 atom stereocenters.